The van der Waals surface area contributed by atoms with Gasteiger partial charge in [-0.1, -0.05) is 67.9 Å². The van der Waals surface area contributed by atoms with Gasteiger partial charge in [0, 0.05) is 5.02 Å². The maximum atomic E-state index is 14.6. The van der Waals surface area contributed by atoms with Crippen molar-refractivity contribution in [3.63, 3.8) is 0 Å². The minimum Gasteiger partial charge on any atom is -0.384 e. The van der Waals surface area contributed by atoms with E-state index >= 15 is 0 Å². The monoisotopic (exact) mass is 628 g/mol. The standard InChI is InChI=1S/C26H30ClF5N4O4.ClH/c1-14(2)19(21(37)26(31,32)24(40)34-13-25(28,29)30)35-23(39)20(16-8-4-3-5-9-16)36-22(38)18(33)12-15-7-6-10-17(27)11-15;/h3-11,14,18-21,37H,12-13,33H2,1-2H3,(H,34,40)(H,35,39)(H,36,38);1H. The second kappa shape index (κ2) is 15.3. The molecule has 0 aliphatic heterocycles. The maximum Gasteiger partial charge on any atom is 0.405 e. The Kier molecular flexibility index (Phi) is 13.4. The van der Waals surface area contributed by atoms with Gasteiger partial charge in [0.25, 0.3) is 5.91 Å². The van der Waals surface area contributed by atoms with E-state index in [9.17, 15) is 41.4 Å². The van der Waals surface area contributed by atoms with Gasteiger partial charge in [-0.25, -0.2) is 0 Å². The quantitative estimate of drug-likeness (QED) is 0.230. The van der Waals surface area contributed by atoms with Crippen molar-refractivity contribution in [2.45, 2.75) is 56.6 Å². The largest absolute Gasteiger partial charge is 0.405 e. The fourth-order valence-corrected chi connectivity index (χ4v) is 3.93. The first-order valence-corrected chi connectivity index (χ1v) is 12.5. The number of halogens is 7. The molecule has 2 rings (SSSR count). The Morgan fingerprint density at radius 1 is 0.951 bits per heavy atom. The Morgan fingerprint density at radius 3 is 2.10 bits per heavy atom. The predicted molar refractivity (Wildman–Crippen MR) is 144 cm³/mol. The maximum absolute atomic E-state index is 14.6. The molecule has 0 aromatic heterocycles. The van der Waals surface area contributed by atoms with E-state index in [0.29, 0.717) is 10.6 Å². The lowest BCUT2D eigenvalue weighted by atomic mass is 9.93. The number of carbonyl (C=O) groups excluding carboxylic acids is 3. The van der Waals surface area contributed by atoms with E-state index in [0.717, 1.165) is 5.32 Å². The second-order valence-corrected chi connectivity index (χ2v) is 9.87. The van der Waals surface area contributed by atoms with E-state index in [-0.39, 0.29) is 24.4 Å². The third kappa shape index (κ3) is 10.7. The van der Waals surface area contributed by atoms with Crippen LogP contribution in [0.15, 0.2) is 54.6 Å². The van der Waals surface area contributed by atoms with Gasteiger partial charge in [-0.15, -0.1) is 12.4 Å². The van der Waals surface area contributed by atoms with Crippen molar-refractivity contribution in [3.8, 4) is 0 Å². The molecule has 0 fully saturated rings. The lowest BCUT2D eigenvalue weighted by molar-refractivity contribution is -0.175. The summed E-state index contributed by atoms with van der Waals surface area (Å²) in [4.78, 5) is 38.0. The van der Waals surface area contributed by atoms with Crippen LogP contribution >= 0.6 is 24.0 Å². The van der Waals surface area contributed by atoms with Crippen LogP contribution in [0.5, 0.6) is 0 Å². The first-order valence-electron chi connectivity index (χ1n) is 12.1. The first kappa shape index (κ1) is 36.0. The predicted octanol–water partition coefficient (Wildman–Crippen LogP) is 3.30. The summed E-state index contributed by atoms with van der Waals surface area (Å²) in [6.45, 7) is 0.647. The minimum absolute atomic E-state index is 0. The molecule has 6 N–H and O–H groups in total. The average molecular weight is 629 g/mol. The summed E-state index contributed by atoms with van der Waals surface area (Å²) in [5, 5.41) is 16.5. The molecule has 15 heteroatoms. The van der Waals surface area contributed by atoms with Gasteiger partial charge >= 0.3 is 12.1 Å². The number of alkyl halides is 5. The van der Waals surface area contributed by atoms with Crippen LogP contribution in [0.2, 0.25) is 5.02 Å². The summed E-state index contributed by atoms with van der Waals surface area (Å²) in [6, 6.07) is 9.91. The molecule has 0 aliphatic rings. The molecule has 0 aliphatic carbocycles. The molecule has 0 heterocycles. The number of hydrogen-bond donors (Lipinski definition) is 5. The molecule has 0 spiro atoms. The van der Waals surface area contributed by atoms with Crippen molar-refractivity contribution in [1.29, 1.82) is 0 Å². The summed E-state index contributed by atoms with van der Waals surface area (Å²) in [5.74, 6) is -9.77. The number of hydrogen-bond acceptors (Lipinski definition) is 5. The molecule has 4 atom stereocenters. The lowest BCUT2D eigenvalue weighted by Crippen LogP contribution is -2.60. The summed E-state index contributed by atoms with van der Waals surface area (Å²) in [5.41, 5.74) is 6.91. The number of nitrogens with one attached hydrogen (secondary N) is 3. The molecule has 3 amide bonds. The van der Waals surface area contributed by atoms with Crippen LogP contribution in [0.25, 0.3) is 0 Å². The van der Waals surface area contributed by atoms with E-state index in [2.05, 4.69) is 10.6 Å². The molecule has 0 saturated carbocycles. The highest BCUT2D eigenvalue weighted by molar-refractivity contribution is 6.30. The van der Waals surface area contributed by atoms with Crippen LogP contribution in [0.1, 0.15) is 31.0 Å². The summed E-state index contributed by atoms with van der Waals surface area (Å²) < 4.78 is 66.5. The number of benzene rings is 2. The zero-order valence-electron chi connectivity index (χ0n) is 21.9. The van der Waals surface area contributed by atoms with Crippen molar-refractivity contribution in [2.75, 3.05) is 6.54 Å². The molecule has 4 unspecified atom stereocenters. The lowest BCUT2D eigenvalue weighted by Gasteiger charge is -2.33. The van der Waals surface area contributed by atoms with Crippen LogP contribution in [0, 0.1) is 5.92 Å². The number of nitrogens with two attached hydrogens (primary N) is 1. The molecule has 8 nitrogen and oxygen atoms in total. The molecule has 228 valence electrons. The fourth-order valence-electron chi connectivity index (χ4n) is 3.72. The summed E-state index contributed by atoms with van der Waals surface area (Å²) in [6.07, 6.45) is -7.80. The van der Waals surface area contributed by atoms with Crippen LogP contribution < -0.4 is 21.7 Å². The summed E-state index contributed by atoms with van der Waals surface area (Å²) >= 11 is 5.96. The average Bonchev–Trinajstić information content (AvgIpc) is 2.88. The topological polar surface area (TPSA) is 134 Å². The Hall–Kier alpha value is -3.00. The van der Waals surface area contributed by atoms with Crippen molar-refractivity contribution >= 4 is 41.7 Å². The van der Waals surface area contributed by atoms with Crippen LogP contribution in [0.3, 0.4) is 0 Å². The first-order chi connectivity index (χ1) is 18.5. The number of carbonyl (C=O) groups is 3. The van der Waals surface area contributed by atoms with Gasteiger partial charge in [0.05, 0.1) is 12.1 Å². The number of amides is 3. The van der Waals surface area contributed by atoms with E-state index in [1.165, 1.54) is 26.0 Å². The van der Waals surface area contributed by atoms with Gasteiger partial charge in [0.1, 0.15) is 18.7 Å². The molecule has 0 saturated heterocycles. The SMILES string of the molecule is CC(C)C(NC(=O)C(NC(=O)C(N)Cc1cccc(Cl)c1)c1ccccc1)C(O)C(F)(F)C(=O)NCC(F)(F)F.Cl. The van der Waals surface area contributed by atoms with E-state index < -0.39 is 66.5 Å². The Bertz CT molecular complexity index is 1170. The van der Waals surface area contributed by atoms with E-state index in [1.807, 2.05) is 0 Å². The molecule has 2 aromatic carbocycles. The van der Waals surface area contributed by atoms with Gasteiger partial charge in [0.2, 0.25) is 11.8 Å². The zero-order valence-corrected chi connectivity index (χ0v) is 23.5. The highest BCUT2D eigenvalue weighted by Crippen LogP contribution is 2.26. The van der Waals surface area contributed by atoms with Gasteiger partial charge in [-0.2, -0.15) is 22.0 Å². The zero-order chi connectivity index (χ0) is 30.3. The van der Waals surface area contributed by atoms with Gasteiger partial charge in [-0.3, -0.25) is 14.4 Å². The fraction of sp³-hybridized carbons (Fsp3) is 0.423. The molecular formula is C26H31Cl2F5N4O4. The highest BCUT2D eigenvalue weighted by atomic mass is 35.5. The third-order valence-electron chi connectivity index (χ3n) is 5.85. The van der Waals surface area contributed by atoms with Crippen molar-refractivity contribution in [2.24, 2.45) is 11.7 Å². The van der Waals surface area contributed by atoms with Crippen molar-refractivity contribution in [3.05, 3.63) is 70.7 Å². The molecule has 2 aromatic rings. The van der Waals surface area contributed by atoms with Crippen molar-refractivity contribution in [1.82, 2.24) is 16.0 Å². The Labute approximate surface area is 244 Å². The summed E-state index contributed by atoms with van der Waals surface area (Å²) in [7, 11) is 0. The molecule has 0 radical (unpaired) electrons. The van der Waals surface area contributed by atoms with Crippen LogP contribution in [-0.4, -0.2) is 59.7 Å². The number of aliphatic hydroxyl groups excluding tert-OH is 1. The van der Waals surface area contributed by atoms with Gasteiger partial charge in [-0.05, 0) is 35.6 Å². The smallest absolute Gasteiger partial charge is 0.384 e. The van der Waals surface area contributed by atoms with Gasteiger partial charge < -0.3 is 26.8 Å². The van der Waals surface area contributed by atoms with E-state index in [1.54, 1.807) is 42.5 Å². The van der Waals surface area contributed by atoms with Crippen LogP contribution in [-0.2, 0) is 20.8 Å². The molecular weight excluding hydrogens is 598 g/mol. The Balaban J connectivity index is 0.00000840. The second-order valence-electron chi connectivity index (χ2n) is 9.44. The van der Waals surface area contributed by atoms with E-state index in [4.69, 9.17) is 17.3 Å². The number of aliphatic hydroxyl groups is 1. The number of rotatable bonds is 12. The van der Waals surface area contributed by atoms with Crippen molar-refractivity contribution < 1.29 is 41.4 Å². The molecule has 41 heavy (non-hydrogen) atoms. The van der Waals surface area contributed by atoms with Gasteiger partial charge in [0.15, 0.2) is 0 Å². The normalized spacial score (nSPS) is 14.7. The highest BCUT2D eigenvalue weighted by Gasteiger charge is 2.52. The Morgan fingerprint density at radius 2 is 1.56 bits per heavy atom. The minimum atomic E-state index is -4.96. The molecule has 0 bridgehead atoms. The van der Waals surface area contributed by atoms with Crippen LogP contribution in [0.4, 0.5) is 22.0 Å². The third-order valence-corrected chi connectivity index (χ3v) is 6.09.